The zero-order chi connectivity index (χ0) is 17.0. The Balaban J connectivity index is 2.21. The van der Waals surface area contributed by atoms with Crippen LogP contribution in [0.3, 0.4) is 0 Å². The number of ether oxygens (including phenoxy) is 2. The van der Waals surface area contributed by atoms with Crippen LogP contribution in [0.25, 0.3) is 0 Å². The first kappa shape index (κ1) is 17.3. The van der Waals surface area contributed by atoms with E-state index in [0.29, 0.717) is 21.5 Å². The fraction of sp³-hybridized carbons (Fsp3) is 0.235. The molecule has 122 valence electrons. The van der Waals surface area contributed by atoms with Crippen LogP contribution in [0, 0.1) is 5.82 Å². The molecule has 0 aliphatic rings. The number of benzene rings is 2. The van der Waals surface area contributed by atoms with Gasteiger partial charge in [-0.3, -0.25) is 4.79 Å². The molecule has 0 heterocycles. The molecule has 2 rings (SSSR count). The Morgan fingerprint density at radius 3 is 2.52 bits per heavy atom. The van der Waals surface area contributed by atoms with Gasteiger partial charge in [-0.1, -0.05) is 0 Å². The lowest BCUT2D eigenvalue weighted by Gasteiger charge is -2.18. The van der Waals surface area contributed by atoms with Gasteiger partial charge in [0.05, 0.1) is 25.8 Å². The fourth-order valence-electron chi connectivity index (χ4n) is 2.20. The first-order chi connectivity index (χ1) is 11.0. The van der Waals surface area contributed by atoms with Gasteiger partial charge in [0.15, 0.2) is 0 Å². The molecule has 0 aliphatic carbocycles. The molecule has 1 atom stereocenters. The molecule has 0 bridgehead atoms. The predicted octanol–water partition coefficient (Wildman–Crippen LogP) is 4.10. The summed E-state index contributed by atoms with van der Waals surface area (Å²) in [7, 11) is 3.13. The van der Waals surface area contributed by atoms with Crippen LogP contribution in [0.1, 0.15) is 28.9 Å². The Kier molecular flexibility index (Phi) is 5.60. The molecule has 0 fully saturated rings. The van der Waals surface area contributed by atoms with Gasteiger partial charge in [0.2, 0.25) is 0 Å². The largest absolute Gasteiger partial charge is 0.497 e. The molecule has 0 radical (unpaired) electrons. The SMILES string of the molecule is COc1ccc(C(C)NC(=O)c2ccc(F)cc2Br)c(OC)c1. The van der Waals surface area contributed by atoms with Crippen LogP contribution in [-0.4, -0.2) is 20.1 Å². The third-order valence-corrected chi connectivity index (χ3v) is 4.09. The standard InChI is InChI=1S/C17H17BrFNO3/c1-10(13-7-5-12(22-2)9-16(13)23-3)20-17(21)14-6-4-11(19)8-15(14)18/h4-10H,1-3H3,(H,20,21). The second-order valence-corrected chi connectivity index (χ2v) is 5.78. The van der Waals surface area contributed by atoms with E-state index in [1.54, 1.807) is 26.4 Å². The lowest BCUT2D eigenvalue weighted by atomic mass is 10.1. The summed E-state index contributed by atoms with van der Waals surface area (Å²) in [5.41, 5.74) is 1.19. The highest BCUT2D eigenvalue weighted by Gasteiger charge is 2.17. The number of carbonyl (C=O) groups excluding carboxylic acids is 1. The van der Waals surface area contributed by atoms with Crippen LogP contribution in [0.4, 0.5) is 4.39 Å². The van der Waals surface area contributed by atoms with Crippen LogP contribution in [0.2, 0.25) is 0 Å². The van der Waals surface area contributed by atoms with Crippen LogP contribution in [0.5, 0.6) is 11.5 Å². The summed E-state index contributed by atoms with van der Waals surface area (Å²) in [5, 5.41) is 2.87. The van der Waals surface area contributed by atoms with Crippen LogP contribution >= 0.6 is 15.9 Å². The van der Waals surface area contributed by atoms with Crippen molar-refractivity contribution in [3.05, 3.63) is 57.8 Å². The predicted molar refractivity (Wildman–Crippen MR) is 89.5 cm³/mol. The Bertz CT molecular complexity index is 721. The Morgan fingerprint density at radius 1 is 1.17 bits per heavy atom. The molecule has 23 heavy (non-hydrogen) atoms. The highest BCUT2D eigenvalue weighted by atomic mass is 79.9. The highest BCUT2D eigenvalue weighted by molar-refractivity contribution is 9.10. The van der Waals surface area contributed by atoms with Gasteiger partial charge in [-0.25, -0.2) is 4.39 Å². The molecule has 0 saturated heterocycles. The van der Waals surface area contributed by atoms with E-state index in [1.165, 1.54) is 18.2 Å². The monoisotopic (exact) mass is 381 g/mol. The maximum atomic E-state index is 13.1. The van der Waals surface area contributed by atoms with E-state index in [2.05, 4.69) is 21.2 Å². The lowest BCUT2D eigenvalue weighted by molar-refractivity contribution is 0.0938. The van der Waals surface area contributed by atoms with E-state index in [4.69, 9.17) is 9.47 Å². The van der Waals surface area contributed by atoms with Crippen molar-refractivity contribution < 1.29 is 18.7 Å². The van der Waals surface area contributed by atoms with Gasteiger partial charge in [0, 0.05) is 16.1 Å². The normalized spacial score (nSPS) is 11.7. The van der Waals surface area contributed by atoms with Crippen LogP contribution < -0.4 is 14.8 Å². The van der Waals surface area contributed by atoms with Crippen LogP contribution in [-0.2, 0) is 0 Å². The van der Waals surface area contributed by atoms with E-state index >= 15 is 0 Å². The Morgan fingerprint density at radius 2 is 1.91 bits per heavy atom. The summed E-state index contributed by atoms with van der Waals surface area (Å²) in [6, 6.07) is 9.04. The molecule has 2 aromatic rings. The number of methoxy groups -OCH3 is 2. The zero-order valence-electron chi connectivity index (χ0n) is 13.0. The highest BCUT2D eigenvalue weighted by Crippen LogP contribution is 2.29. The van der Waals surface area contributed by atoms with Gasteiger partial charge in [0.25, 0.3) is 5.91 Å². The molecule has 0 aliphatic heterocycles. The van der Waals surface area contributed by atoms with Crippen molar-refractivity contribution in [3.63, 3.8) is 0 Å². The number of hydrogen-bond acceptors (Lipinski definition) is 3. The summed E-state index contributed by atoms with van der Waals surface area (Å²) < 4.78 is 24.0. The first-order valence-corrected chi connectivity index (χ1v) is 7.73. The molecule has 4 nitrogen and oxygen atoms in total. The molecule has 0 spiro atoms. The van der Waals surface area contributed by atoms with Crippen molar-refractivity contribution in [1.29, 1.82) is 0 Å². The van der Waals surface area contributed by atoms with Crippen LogP contribution in [0.15, 0.2) is 40.9 Å². The number of carbonyl (C=O) groups is 1. The molecule has 6 heteroatoms. The van der Waals surface area contributed by atoms with E-state index in [9.17, 15) is 9.18 Å². The maximum Gasteiger partial charge on any atom is 0.252 e. The number of amides is 1. The minimum Gasteiger partial charge on any atom is -0.497 e. The Labute approximate surface area is 142 Å². The van der Waals surface area contributed by atoms with Crippen molar-refractivity contribution in [3.8, 4) is 11.5 Å². The number of hydrogen-bond donors (Lipinski definition) is 1. The summed E-state index contributed by atoms with van der Waals surface area (Å²) in [5.74, 6) is 0.585. The van der Waals surface area contributed by atoms with E-state index in [1.807, 2.05) is 13.0 Å². The molecule has 0 saturated carbocycles. The van der Waals surface area contributed by atoms with E-state index < -0.39 is 5.82 Å². The van der Waals surface area contributed by atoms with Gasteiger partial charge in [-0.05, 0) is 53.2 Å². The van der Waals surface area contributed by atoms with Gasteiger partial charge in [0.1, 0.15) is 17.3 Å². The molecule has 1 N–H and O–H groups in total. The van der Waals surface area contributed by atoms with Gasteiger partial charge >= 0.3 is 0 Å². The number of halogens is 2. The van der Waals surface area contributed by atoms with Crippen molar-refractivity contribution in [2.45, 2.75) is 13.0 Å². The summed E-state index contributed by atoms with van der Waals surface area (Å²) in [4.78, 5) is 12.4. The van der Waals surface area contributed by atoms with Crippen molar-refractivity contribution in [2.24, 2.45) is 0 Å². The van der Waals surface area contributed by atoms with Gasteiger partial charge < -0.3 is 14.8 Å². The second-order valence-electron chi connectivity index (χ2n) is 4.93. The quantitative estimate of drug-likeness (QED) is 0.847. The second kappa shape index (κ2) is 7.46. The molecular weight excluding hydrogens is 365 g/mol. The molecule has 0 aromatic heterocycles. The molecule has 2 aromatic carbocycles. The third kappa shape index (κ3) is 4.01. The minimum atomic E-state index is -0.404. The van der Waals surface area contributed by atoms with Gasteiger partial charge in [-0.15, -0.1) is 0 Å². The number of nitrogens with one attached hydrogen (secondary N) is 1. The van der Waals surface area contributed by atoms with Crippen molar-refractivity contribution in [1.82, 2.24) is 5.32 Å². The number of rotatable bonds is 5. The maximum absolute atomic E-state index is 13.1. The molecule has 1 amide bonds. The topological polar surface area (TPSA) is 47.6 Å². The third-order valence-electron chi connectivity index (χ3n) is 3.43. The summed E-state index contributed by atoms with van der Waals surface area (Å²) >= 11 is 3.20. The Hall–Kier alpha value is -2.08. The van der Waals surface area contributed by atoms with Crippen molar-refractivity contribution in [2.75, 3.05) is 14.2 Å². The lowest BCUT2D eigenvalue weighted by Crippen LogP contribution is -2.27. The first-order valence-electron chi connectivity index (χ1n) is 6.94. The average molecular weight is 382 g/mol. The van der Waals surface area contributed by atoms with Gasteiger partial charge in [-0.2, -0.15) is 0 Å². The molecule has 1 unspecified atom stereocenters. The average Bonchev–Trinajstić information content (AvgIpc) is 2.53. The zero-order valence-corrected chi connectivity index (χ0v) is 14.6. The molecular formula is C17H17BrFNO3. The van der Waals surface area contributed by atoms with Crippen molar-refractivity contribution >= 4 is 21.8 Å². The smallest absolute Gasteiger partial charge is 0.252 e. The van der Waals surface area contributed by atoms with E-state index in [-0.39, 0.29) is 11.9 Å². The fourth-order valence-corrected chi connectivity index (χ4v) is 2.73. The summed E-state index contributed by atoms with van der Waals surface area (Å²) in [6.45, 7) is 1.85. The van der Waals surface area contributed by atoms with E-state index in [0.717, 1.165) is 5.56 Å². The minimum absolute atomic E-state index is 0.291. The summed E-state index contributed by atoms with van der Waals surface area (Å²) in [6.07, 6.45) is 0.